The Morgan fingerprint density at radius 1 is 1.21 bits per heavy atom. The third kappa shape index (κ3) is 3.93. The molecule has 3 rings (SSSR count). The number of aliphatic hydroxyl groups excluding tert-OH is 3. The lowest BCUT2D eigenvalue weighted by Gasteiger charge is -2.16. The van der Waals surface area contributed by atoms with E-state index in [-0.39, 0.29) is 5.82 Å². The number of imidazole rings is 1. The summed E-state index contributed by atoms with van der Waals surface area (Å²) in [6.45, 7) is -0.390. The summed E-state index contributed by atoms with van der Waals surface area (Å²) < 4.78 is 25.2. The molecular formula is C10H17N7O6S. The van der Waals surface area contributed by atoms with Crippen molar-refractivity contribution in [3.8, 4) is 0 Å². The quantitative estimate of drug-likeness (QED) is 0.304. The number of fused-ring (bicyclic) bond motifs is 1. The summed E-state index contributed by atoms with van der Waals surface area (Å²) in [4.78, 5) is 11.9. The molecule has 134 valence electrons. The average Bonchev–Trinajstić information content (AvgIpc) is 3.01. The SMILES string of the molecule is NS(N)(=O)=O.Nc1ncnc2c1ncn2[C@@H]1O[C@H](CO)[C@@H](O)[C@H]1O. The van der Waals surface area contributed by atoms with Gasteiger partial charge in [0.2, 0.25) is 0 Å². The Labute approximate surface area is 135 Å². The van der Waals surface area contributed by atoms with E-state index in [1.54, 1.807) is 0 Å². The van der Waals surface area contributed by atoms with E-state index < -0.39 is 41.4 Å². The summed E-state index contributed by atoms with van der Waals surface area (Å²) in [5, 5.41) is 36.9. The molecule has 0 saturated carbocycles. The maximum Gasteiger partial charge on any atom is 0.271 e. The van der Waals surface area contributed by atoms with Crippen LogP contribution in [-0.4, -0.2) is 68.2 Å². The van der Waals surface area contributed by atoms with Crippen molar-refractivity contribution in [1.82, 2.24) is 19.5 Å². The van der Waals surface area contributed by atoms with Crippen LogP contribution in [0.5, 0.6) is 0 Å². The molecule has 4 atom stereocenters. The molecule has 0 aliphatic carbocycles. The zero-order chi connectivity index (χ0) is 18.1. The molecule has 1 fully saturated rings. The zero-order valence-corrected chi connectivity index (χ0v) is 13.0. The van der Waals surface area contributed by atoms with Crippen molar-refractivity contribution < 1.29 is 28.5 Å². The van der Waals surface area contributed by atoms with E-state index in [1.165, 1.54) is 17.2 Å². The van der Waals surface area contributed by atoms with Gasteiger partial charge >= 0.3 is 0 Å². The highest BCUT2D eigenvalue weighted by Crippen LogP contribution is 2.31. The molecule has 0 aromatic carbocycles. The van der Waals surface area contributed by atoms with Crippen LogP contribution in [0.15, 0.2) is 12.7 Å². The molecule has 14 heteroatoms. The fraction of sp³-hybridized carbons (Fsp3) is 0.500. The normalized spacial score (nSPS) is 27.0. The first kappa shape index (κ1) is 18.4. The molecule has 13 nitrogen and oxygen atoms in total. The van der Waals surface area contributed by atoms with Crippen LogP contribution in [0, 0.1) is 0 Å². The van der Waals surface area contributed by atoms with Gasteiger partial charge in [0.1, 0.15) is 30.2 Å². The number of nitrogens with zero attached hydrogens (tertiary/aromatic N) is 4. The highest BCUT2D eigenvalue weighted by molar-refractivity contribution is 7.86. The number of hydrogen-bond donors (Lipinski definition) is 6. The van der Waals surface area contributed by atoms with Crippen molar-refractivity contribution in [2.75, 3.05) is 12.3 Å². The molecule has 0 bridgehead atoms. The van der Waals surface area contributed by atoms with E-state index >= 15 is 0 Å². The average molecular weight is 363 g/mol. The second-order valence-electron chi connectivity index (χ2n) is 4.90. The van der Waals surface area contributed by atoms with Crippen LogP contribution >= 0.6 is 0 Å². The molecule has 2 aromatic rings. The molecule has 1 aliphatic rings. The van der Waals surface area contributed by atoms with Crippen molar-refractivity contribution in [3.63, 3.8) is 0 Å². The summed E-state index contributed by atoms with van der Waals surface area (Å²) in [7, 11) is -3.67. The minimum Gasteiger partial charge on any atom is -0.394 e. The number of nitrogens with two attached hydrogens (primary N) is 3. The smallest absolute Gasteiger partial charge is 0.271 e. The molecule has 24 heavy (non-hydrogen) atoms. The van der Waals surface area contributed by atoms with Gasteiger partial charge in [0, 0.05) is 0 Å². The lowest BCUT2D eigenvalue weighted by molar-refractivity contribution is -0.0511. The highest BCUT2D eigenvalue weighted by atomic mass is 32.2. The van der Waals surface area contributed by atoms with E-state index in [4.69, 9.17) is 15.6 Å². The molecule has 0 amide bonds. The third-order valence-electron chi connectivity index (χ3n) is 3.18. The maximum atomic E-state index is 9.95. The molecule has 0 radical (unpaired) electrons. The third-order valence-corrected chi connectivity index (χ3v) is 3.18. The van der Waals surface area contributed by atoms with Gasteiger partial charge in [0.15, 0.2) is 17.7 Å². The van der Waals surface area contributed by atoms with Crippen LogP contribution in [0.3, 0.4) is 0 Å². The van der Waals surface area contributed by atoms with Crippen LogP contribution in [-0.2, 0) is 14.9 Å². The van der Waals surface area contributed by atoms with E-state index in [0.29, 0.717) is 11.2 Å². The van der Waals surface area contributed by atoms with Crippen molar-refractivity contribution >= 4 is 27.2 Å². The van der Waals surface area contributed by atoms with Gasteiger partial charge in [-0.05, 0) is 0 Å². The lowest BCUT2D eigenvalue weighted by atomic mass is 10.1. The van der Waals surface area contributed by atoms with Gasteiger partial charge in [-0.15, -0.1) is 0 Å². The Balaban J connectivity index is 0.000000368. The predicted octanol–water partition coefficient (Wildman–Crippen LogP) is -3.83. The predicted molar refractivity (Wildman–Crippen MR) is 80.0 cm³/mol. The Bertz CT molecular complexity index is 803. The summed E-state index contributed by atoms with van der Waals surface area (Å²) in [6.07, 6.45) is -1.42. The summed E-state index contributed by atoms with van der Waals surface area (Å²) >= 11 is 0. The summed E-state index contributed by atoms with van der Waals surface area (Å²) in [5.74, 6) is 0.218. The molecule has 1 aliphatic heterocycles. The topological polar surface area (TPSA) is 226 Å². The van der Waals surface area contributed by atoms with Gasteiger partial charge in [0.25, 0.3) is 10.2 Å². The van der Waals surface area contributed by atoms with Crippen LogP contribution < -0.4 is 16.0 Å². The van der Waals surface area contributed by atoms with Crippen molar-refractivity contribution in [3.05, 3.63) is 12.7 Å². The monoisotopic (exact) mass is 363 g/mol. The fourth-order valence-corrected chi connectivity index (χ4v) is 2.17. The molecule has 0 spiro atoms. The van der Waals surface area contributed by atoms with Crippen LogP contribution in [0.2, 0.25) is 0 Å². The van der Waals surface area contributed by atoms with Gasteiger partial charge in [-0.1, -0.05) is 0 Å². The maximum absolute atomic E-state index is 9.95. The number of hydrogen-bond acceptors (Lipinski definition) is 10. The zero-order valence-electron chi connectivity index (χ0n) is 12.2. The number of rotatable bonds is 2. The van der Waals surface area contributed by atoms with Gasteiger partial charge < -0.3 is 25.8 Å². The van der Waals surface area contributed by atoms with Gasteiger partial charge in [-0.2, -0.15) is 8.42 Å². The Morgan fingerprint density at radius 3 is 2.38 bits per heavy atom. The Morgan fingerprint density at radius 2 is 1.83 bits per heavy atom. The van der Waals surface area contributed by atoms with Gasteiger partial charge in [-0.25, -0.2) is 25.2 Å². The Hall–Kier alpha value is -1.94. The van der Waals surface area contributed by atoms with Crippen molar-refractivity contribution in [2.24, 2.45) is 10.3 Å². The molecular weight excluding hydrogens is 346 g/mol. The molecule has 3 heterocycles. The van der Waals surface area contributed by atoms with E-state index in [1.807, 2.05) is 0 Å². The van der Waals surface area contributed by atoms with Crippen LogP contribution in [0.25, 0.3) is 11.2 Å². The van der Waals surface area contributed by atoms with Gasteiger partial charge in [0.05, 0.1) is 12.9 Å². The summed E-state index contributed by atoms with van der Waals surface area (Å²) in [6, 6.07) is 0. The van der Waals surface area contributed by atoms with Crippen molar-refractivity contribution in [2.45, 2.75) is 24.5 Å². The first-order valence-electron chi connectivity index (χ1n) is 6.49. The lowest BCUT2D eigenvalue weighted by Crippen LogP contribution is -2.33. The summed E-state index contributed by atoms with van der Waals surface area (Å²) in [5.41, 5.74) is 6.44. The number of aliphatic hydroxyl groups is 3. The van der Waals surface area contributed by atoms with Crippen LogP contribution in [0.1, 0.15) is 6.23 Å². The highest BCUT2D eigenvalue weighted by Gasteiger charge is 2.43. The van der Waals surface area contributed by atoms with Crippen molar-refractivity contribution in [1.29, 1.82) is 0 Å². The first-order chi connectivity index (χ1) is 11.1. The number of ether oxygens (including phenoxy) is 1. The van der Waals surface area contributed by atoms with Crippen LogP contribution in [0.4, 0.5) is 5.82 Å². The van der Waals surface area contributed by atoms with Gasteiger partial charge in [-0.3, -0.25) is 4.57 Å². The largest absolute Gasteiger partial charge is 0.394 e. The minimum atomic E-state index is -3.67. The number of aromatic nitrogens is 4. The second-order valence-corrected chi connectivity index (χ2v) is 6.08. The standard InChI is InChI=1S/C10H13N5O4.H4N2O2S/c11-8-5-9(13-2-12-8)15(3-14-5)10-7(18)6(17)4(1-16)19-10;1-5(2,3)4/h2-4,6-7,10,16-18H,1H2,(H2,11,12,13);(H4,1,2,3,4)/t4-,6-,7-,10-;/m1./s1. The molecule has 0 unspecified atom stereocenters. The van der Waals surface area contributed by atoms with E-state index in [0.717, 1.165) is 0 Å². The fourth-order valence-electron chi connectivity index (χ4n) is 2.17. The molecule has 2 aromatic heterocycles. The first-order valence-corrected chi connectivity index (χ1v) is 8.10. The molecule has 9 N–H and O–H groups in total. The Kier molecular flexibility index (Phi) is 5.29. The minimum absolute atomic E-state index is 0.218. The second kappa shape index (κ2) is 6.89. The number of nitrogen functional groups attached to an aromatic ring is 1. The molecule has 1 saturated heterocycles. The number of anilines is 1. The van der Waals surface area contributed by atoms with E-state index in [9.17, 15) is 18.6 Å². The van der Waals surface area contributed by atoms with E-state index in [2.05, 4.69) is 25.2 Å².